The lowest BCUT2D eigenvalue weighted by Crippen LogP contribution is -2.67. The highest BCUT2D eigenvalue weighted by Crippen LogP contribution is 2.42. The number of benzene rings is 2. The third kappa shape index (κ3) is 4.60. The lowest BCUT2D eigenvalue weighted by Gasteiger charge is -2.57. The summed E-state index contributed by atoms with van der Waals surface area (Å²) < 4.78 is 33.8. The Bertz CT molecular complexity index is 1160. The average Bonchev–Trinajstić information content (AvgIpc) is 3.67. The standard InChI is InChI=1S/C27H32N2O4S/c1-33-23-12-14-24(15-13-23)34(31,32)28-16-2-3-17-29-25(18-28)27(26(29)19-30)22-10-8-21(9-11-22)7-6-20-4-5-20/h8-15,20,25-27,30H,2-5,16-19H2,1H3/t25-,26-,27-/m1/s1. The molecule has 2 aliphatic heterocycles. The van der Waals surface area contributed by atoms with Crippen LogP contribution in [0.4, 0.5) is 0 Å². The van der Waals surface area contributed by atoms with Crippen LogP contribution in [0.15, 0.2) is 53.4 Å². The Kier molecular flexibility index (Phi) is 6.67. The molecule has 5 rings (SSSR count). The van der Waals surface area contributed by atoms with Crippen molar-refractivity contribution in [3.05, 3.63) is 59.7 Å². The zero-order valence-electron chi connectivity index (χ0n) is 19.6. The van der Waals surface area contributed by atoms with Gasteiger partial charge in [0.2, 0.25) is 10.0 Å². The topological polar surface area (TPSA) is 70.1 Å². The van der Waals surface area contributed by atoms with Gasteiger partial charge in [0.05, 0.1) is 18.6 Å². The lowest BCUT2D eigenvalue weighted by molar-refractivity contribution is -0.0553. The molecule has 0 aromatic heterocycles. The highest BCUT2D eigenvalue weighted by Gasteiger charge is 2.50. The molecule has 0 unspecified atom stereocenters. The summed E-state index contributed by atoms with van der Waals surface area (Å²) >= 11 is 0. The van der Waals surface area contributed by atoms with E-state index in [0.29, 0.717) is 24.8 Å². The Balaban J connectivity index is 1.38. The van der Waals surface area contributed by atoms with Crippen LogP contribution in [-0.2, 0) is 10.0 Å². The van der Waals surface area contributed by atoms with Gasteiger partial charge in [0.1, 0.15) is 5.75 Å². The molecule has 1 N–H and O–H groups in total. The van der Waals surface area contributed by atoms with E-state index >= 15 is 0 Å². The van der Waals surface area contributed by atoms with Crippen LogP contribution in [0.25, 0.3) is 0 Å². The number of ether oxygens (including phenoxy) is 1. The lowest BCUT2D eigenvalue weighted by atomic mass is 9.74. The van der Waals surface area contributed by atoms with E-state index in [-0.39, 0.29) is 29.5 Å². The molecule has 0 spiro atoms. The van der Waals surface area contributed by atoms with Gasteiger partial charge in [0, 0.05) is 42.6 Å². The maximum Gasteiger partial charge on any atom is 0.243 e. The second-order valence-electron chi connectivity index (χ2n) is 9.49. The number of aliphatic hydroxyl groups is 1. The first kappa shape index (κ1) is 23.4. The number of aliphatic hydroxyl groups excluding tert-OH is 1. The van der Waals surface area contributed by atoms with Gasteiger partial charge in [-0.05, 0) is 74.2 Å². The molecule has 6 nitrogen and oxygen atoms in total. The van der Waals surface area contributed by atoms with Gasteiger partial charge in [0.15, 0.2) is 0 Å². The van der Waals surface area contributed by atoms with E-state index in [2.05, 4.69) is 41.0 Å². The van der Waals surface area contributed by atoms with Crippen LogP contribution in [0, 0.1) is 17.8 Å². The maximum absolute atomic E-state index is 13.5. The first-order chi connectivity index (χ1) is 16.5. The highest BCUT2D eigenvalue weighted by molar-refractivity contribution is 7.89. The SMILES string of the molecule is COc1ccc(S(=O)(=O)N2CCCCN3[C@H](CO)[C@H](c4ccc(C#CC5CC5)cc4)[C@H]3C2)cc1. The predicted octanol–water partition coefficient (Wildman–Crippen LogP) is 3.07. The largest absolute Gasteiger partial charge is 0.497 e. The minimum atomic E-state index is -3.62. The molecule has 3 fully saturated rings. The Morgan fingerprint density at radius 3 is 2.38 bits per heavy atom. The van der Waals surface area contributed by atoms with Crippen molar-refractivity contribution in [1.82, 2.24) is 9.21 Å². The molecule has 180 valence electrons. The minimum absolute atomic E-state index is 0.0111. The fraction of sp³-hybridized carbons (Fsp3) is 0.481. The molecule has 2 aromatic carbocycles. The second kappa shape index (κ2) is 9.71. The Hall–Kier alpha value is -2.37. The molecule has 3 aliphatic rings. The van der Waals surface area contributed by atoms with Gasteiger partial charge in [0.25, 0.3) is 0 Å². The Morgan fingerprint density at radius 1 is 1.03 bits per heavy atom. The first-order valence-corrected chi connectivity index (χ1v) is 13.6. The van der Waals surface area contributed by atoms with Gasteiger partial charge in [-0.3, -0.25) is 4.90 Å². The second-order valence-corrected chi connectivity index (χ2v) is 11.4. The quantitative estimate of drug-likeness (QED) is 0.666. The molecule has 1 saturated carbocycles. The molecule has 34 heavy (non-hydrogen) atoms. The van der Waals surface area contributed by atoms with Crippen molar-refractivity contribution < 1.29 is 18.3 Å². The smallest absolute Gasteiger partial charge is 0.243 e. The van der Waals surface area contributed by atoms with Crippen LogP contribution in [0.1, 0.15) is 42.7 Å². The molecule has 2 aromatic rings. The van der Waals surface area contributed by atoms with Crippen molar-refractivity contribution >= 4 is 10.0 Å². The van der Waals surface area contributed by atoms with Gasteiger partial charge in [-0.25, -0.2) is 8.42 Å². The first-order valence-electron chi connectivity index (χ1n) is 12.1. The van der Waals surface area contributed by atoms with Crippen molar-refractivity contribution in [2.24, 2.45) is 5.92 Å². The van der Waals surface area contributed by atoms with Crippen LogP contribution < -0.4 is 4.74 Å². The summed E-state index contributed by atoms with van der Waals surface area (Å²) in [5.41, 5.74) is 2.15. The third-order valence-corrected chi connectivity index (χ3v) is 9.20. The summed E-state index contributed by atoms with van der Waals surface area (Å²) in [6.45, 7) is 1.87. The maximum atomic E-state index is 13.5. The van der Waals surface area contributed by atoms with Crippen LogP contribution in [0.5, 0.6) is 5.75 Å². The van der Waals surface area contributed by atoms with E-state index in [1.54, 1.807) is 35.7 Å². The summed E-state index contributed by atoms with van der Waals surface area (Å²) in [5, 5.41) is 10.2. The van der Waals surface area contributed by atoms with Gasteiger partial charge >= 0.3 is 0 Å². The van der Waals surface area contributed by atoms with Gasteiger partial charge in [-0.1, -0.05) is 24.0 Å². The molecule has 0 bridgehead atoms. The normalized spacial score (nSPS) is 25.8. The summed E-state index contributed by atoms with van der Waals surface area (Å²) in [6.07, 6.45) is 4.12. The van der Waals surface area contributed by atoms with Crippen molar-refractivity contribution in [3.63, 3.8) is 0 Å². The number of methoxy groups -OCH3 is 1. The van der Waals surface area contributed by atoms with Crippen molar-refractivity contribution in [1.29, 1.82) is 0 Å². The van der Waals surface area contributed by atoms with Gasteiger partial charge in [-0.2, -0.15) is 4.31 Å². The molecule has 7 heteroatoms. The molecule has 3 atom stereocenters. The monoisotopic (exact) mass is 480 g/mol. The fourth-order valence-electron chi connectivity index (χ4n) is 5.23. The van der Waals surface area contributed by atoms with Crippen molar-refractivity contribution in [2.45, 2.75) is 48.6 Å². The summed E-state index contributed by atoms with van der Waals surface area (Å²) in [4.78, 5) is 2.58. The zero-order valence-corrected chi connectivity index (χ0v) is 20.4. The van der Waals surface area contributed by atoms with Crippen LogP contribution in [0.3, 0.4) is 0 Å². The molecule has 0 amide bonds. The number of sulfonamides is 1. The summed E-state index contributed by atoms with van der Waals surface area (Å²) in [5.74, 6) is 7.83. The van der Waals surface area contributed by atoms with E-state index in [1.807, 2.05) is 0 Å². The zero-order chi connectivity index (χ0) is 23.7. The van der Waals surface area contributed by atoms with Crippen LogP contribution in [-0.4, -0.2) is 68.2 Å². The molecule has 2 heterocycles. The van der Waals surface area contributed by atoms with Crippen LogP contribution >= 0.6 is 0 Å². The average molecular weight is 481 g/mol. The molecule has 1 aliphatic carbocycles. The van der Waals surface area contributed by atoms with Crippen molar-refractivity contribution in [2.75, 3.05) is 33.4 Å². The van der Waals surface area contributed by atoms with Crippen molar-refractivity contribution in [3.8, 4) is 17.6 Å². The van der Waals surface area contributed by atoms with E-state index in [4.69, 9.17) is 4.74 Å². The van der Waals surface area contributed by atoms with E-state index in [9.17, 15) is 13.5 Å². The third-order valence-electron chi connectivity index (χ3n) is 7.32. The fourth-order valence-corrected chi connectivity index (χ4v) is 6.72. The Labute approximate surface area is 202 Å². The van der Waals surface area contributed by atoms with E-state index in [1.165, 1.54) is 12.8 Å². The number of nitrogens with zero attached hydrogens (tertiary/aromatic N) is 2. The Morgan fingerprint density at radius 2 is 1.74 bits per heavy atom. The summed E-state index contributed by atoms with van der Waals surface area (Å²) in [7, 11) is -2.06. The van der Waals surface area contributed by atoms with Gasteiger partial charge < -0.3 is 9.84 Å². The molecule has 0 radical (unpaired) electrons. The van der Waals surface area contributed by atoms with E-state index in [0.717, 1.165) is 30.5 Å². The van der Waals surface area contributed by atoms with E-state index < -0.39 is 10.0 Å². The van der Waals surface area contributed by atoms with Crippen LogP contribution in [0.2, 0.25) is 0 Å². The highest BCUT2D eigenvalue weighted by atomic mass is 32.2. The minimum Gasteiger partial charge on any atom is -0.497 e. The van der Waals surface area contributed by atoms with Gasteiger partial charge in [-0.15, -0.1) is 0 Å². The molecular formula is C27H32N2O4S. The molecular weight excluding hydrogens is 448 g/mol. The number of hydrogen-bond donors (Lipinski definition) is 1. The number of hydrogen-bond acceptors (Lipinski definition) is 5. The predicted molar refractivity (Wildman–Crippen MR) is 131 cm³/mol. The molecule has 2 saturated heterocycles. The number of fused-ring (bicyclic) bond motifs is 1. The number of rotatable bonds is 5. The summed E-state index contributed by atoms with van der Waals surface area (Å²) in [6, 6.07) is 14.9.